The molecule has 1 heterocycles. The summed E-state index contributed by atoms with van der Waals surface area (Å²) < 4.78 is 19.5. The topological polar surface area (TPSA) is 58.6 Å². The van der Waals surface area contributed by atoms with Crippen molar-refractivity contribution in [2.45, 2.75) is 71.1 Å². The fraction of sp³-hybridized carbons (Fsp3) is 0.600. The number of ether oxygens (including phenoxy) is 1. The average Bonchev–Trinajstić information content (AvgIpc) is 2.93. The van der Waals surface area contributed by atoms with Crippen LogP contribution in [0, 0.1) is 5.82 Å². The molecule has 144 valence electrons. The van der Waals surface area contributed by atoms with Crippen LogP contribution in [0.15, 0.2) is 24.3 Å². The van der Waals surface area contributed by atoms with Gasteiger partial charge >= 0.3 is 6.09 Å². The van der Waals surface area contributed by atoms with Crippen LogP contribution in [-0.4, -0.2) is 35.1 Å². The van der Waals surface area contributed by atoms with E-state index < -0.39 is 11.1 Å². The molecule has 0 aromatic heterocycles. The fourth-order valence-corrected chi connectivity index (χ4v) is 3.26. The number of nitrogens with one attached hydrogen (secondary N) is 1. The van der Waals surface area contributed by atoms with Crippen molar-refractivity contribution >= 4 is 12.0 Å². The predicted molar refractivity (Wildman–Crippen MR) is 98.1 cm³/mol. The van der Waals surface area contributed by atoms with E-state index in [-0.39, 0.29) is 30.3 Å². The molecular weight excluding hydrogens is 335 g/mol. The number of likely N-dealkylation sites (tertiary alicyclic amines) is 1. The van der Waals surface area contributed by atoms with Crippen LogP contribution in [0.3, 0.4) is 0 Å². The summed E-state index contributed by atoms with van der Waals surface area (Å²) in [5.74, 6) is -0.562. The van der Waals surface area contributed by atoms with Gasteiger partial charge < -0.3 is 15.0 Å². The quantitative estimate of drug-likeness (QED) is 0.879. The Bertz CT molecular complexity index is 667. The van der Waals surface area contributed by atoms with E-state index in [0.29, 0.717) is 12.1 Å². The number of carbonyl (C=O) groups excluding carboxylic acids is 2. The molecule has 6 heteroatoms. The van der Waals surface area contributed by atoms with Crippen molar-refractivity contribution in [2.75, 3.05) is 6.54 Å². The number of carbonyl (C=O) groups is 2. The molecule has 1 N–H and O–H groups in total. The van der Waals surface area contributed by atoms with E-state index >= 15 is 0 Å². The zero-order valence-corrected chi connectivity index (χ0v) is 16.3. The molecule has 26 heavy (non-hydrogen) atoms. The third-order valence-electron chi connectivity index (χ3n) is 4.43. The Balaban J connectivity index is 2.00. The van der Waals surface area contributed by atoms with Gasteiger partial charge in [0.1, 0.15) is 11.4 Å². The molecule has 0 radical (unpaired) electrons. The van der Waals surface area contributed by atoms with E-state index in [9.17, 15) is 14.0 Å². The highest BCUT2D eigenvalue weighted by Crippen LogP contribution is 2.26. The lowest BCUT2D eigenvalue weighted by atomic mass is 9.93. The number of hydrogen-bond donors (Lipinski definition) is 1. The van der Waals surface area contributed by atoms with Crippen LogP contribution >= 0.6 is 0 Å². The third-order valence-corrected chi connectivity index (χ3v) is 4.43. The van der Waals surface area contributed by atoms with Gasteiger partial charge in [0.25, 0.3) is 0 Å². The Morgan fingerprint density at radius 2 is 1.88 bits per heavy atom. The zero-order valence-electron chi connectivity index (χ0n) is 16.3. The standard InChI is InChI=1S/C20H29FN2O3/c1-19(2,3)26-18(25)23-12-8-9-14(23)13-17(24)22-20(4,5)15-10-6-7-11-16(15)21/h6-7,10-11,14H,8-9,12-13H2,1-5H3,(H,22,24)/t14-/m1/s1. The van der Waals surface area contributed by atoms with Crippen molar-refractivity contribution in [3.05, 3.63) is 35.6 Å². The van der Waals surface area contributed by atoms with Gasteiger partial charge in [0.15, 0.2) is 0 Å². The van der Waals surface area contributed by atoms with Crippen molar-refractivity contribution in [1.82, 2.24) is 10.2 Å². The first-order valence-electron chi connectivity index (χ1n) is 9.05. The normalized spacial score (nSPS) is 17.9. The van der Waals surface area contributed by atoms with E-state index in [1.54, 1.807) is 36.9 Å². The highest BCUT2D eigenvalue weighted by molar-refractivity contribution is 5.79. The van der Waals surface area contributed by atoms with Gasteiger partial charge in [0.05, 0.1) is 5.54 Å². The first-order chi connectivity index (χ1) is 12.0. The van der Waals surface area contributed by atoms with Gasteiger partial charge in [0, 0.05) is 24.6 Å². The second-order valence-corrected chi connectivity index (χ2v) is 8.33. The van der Waals surface area contributed by atoms with Crippen molar-refractivity contribution in [2.24, 2.45) is 0 Å². The summed E-state index contributed by atoms with van der Waals surface area (Å²) in [7, 11) is 0. The third kappa shape index (κ3) is 5.19. The Morgan fingerprint density at radius 1 is 1.23 bits per heavy atom. The highest BCUT2D eigenvalue weighted by atomic mass is 19.1. The molecule has 1 aliphatic heterocycles. The lowest BCUT2D eigenvalue weighted by Crippen LogP contribution is -2.46. The summed E-state index contributed by atoms with van der Waals surface area (Å²) in [6, 6.07) is 6.21. The van der Waals surface area contributed by atoms with E-state index in [1.807, 2.05) is 20.8 Å². The molecule has 2 amide bonds. The van der Waals surface area contributed by atoms with Gasteiger partial charge in [-0.3, -0.25) is 4.79 Å². The smallest absolute Gasteiger partial charge is 0.410 e. The van der Waals surface area contributed by atoms with Gasteiger partial charge in [-0.25, -0.2) is 9.18 Å². The van der Waals surface area contributed by atoms with Crippen LogP contribution in [0.1, 0.15) is 59.4 Å². The first kappa shape index (κ1) is 20.2. The molecule has 0 saturated carbocycles. The van der Waals surface area contributed by atoms with Crippen LogP contribution in [0.5, 0.6) is 0 Å². The molecule has 1 aromatic carbocycles. The maximum absolute atomic E-state index is 14.0. The maximum Gasteiger partial charge on any atom is 0.410 e. The maximum atomic E-state index is 14.0. The molecule has 1 atom stereocenters. The number of halogens is 1. The molecule has 1 aliphatic rings. The van der Waals surface area contributed by atoms with Gasteiger partial charge in [-0.15, -0.1) is 0 Å². The van der Waals surface area contributed by atoms with Crippen LogP contribution in [0.25, 0.3) is 0 Å². The van der Waals surface area contributed by atoms with Crippen LogP contribution in [0.4, 0.5) is 9.18 Å². The van der Waals surface area contributed by atoms with Gasteiger partial charge in [-0.1, -0.05) is 18.2 Å². The monoisotopic (exact) mass is 364 g/mol. The SMILES string of the molecule is CC(C)(C)OC(=O)N1CCC[C@@H]1CC(=O)NC(C)(C)c1ccccc1F. The van der Waals surface area contributed by atoms with Crippen molar-refractivity contribution in [3.8, 4) is 0 Å². The van der Waals surface area contributed by atoms with Gasteiger partial charge in [-0.2, -0.15) is 0 Å². The molecule has 5 nitrogen and oxygen atoms in total. The van der Waals surface area contributed by atoms with E-state index in [0.717, 1.165) is 12.8 Å². The summed E-state index contributed by atoms with van der Waals surface area (Å²) in [5, 5.41) is 2.89. The lowest BCUT2D eigenvalue weighted by Gasteiger charge is -2.30. The van der Waals surface area contributed by atoms with Crippen LogP contribution in [0.2, 0.25) is 0 Å². The summed E-state index contributed by atoms with van der Waals surface area (Å²) in [6.07, 6.45) is 1.39. The molecule has 1 fully saturated rings. The van der Waals surface area contributed by atoms with E-state index in [2.05, 4.69) is 5.32 Å². The zero-order chi connectivity index (χ0) is 19.5. The Hall–Kier alpha value is -2.11. The number of amides is 2. The molecule has 1 aromatic rings. The van der Waals surface area contributed by atoms with Crippen LogP contribution < -0.4 is 5.32 Å². The number of hydrogen-bond acceptors (Lipinski definition) is 3. The van der Waals surface area contributed by atoms with E-state index in [4.69, 9.17) is 4.74 Å². The minimum Gasteiger partial charge on any atom is -0.444 e. The highest BCUT2D eigenvalue weighted by Gasteiger charge is 2.34. The molecular formula is C20H29FN2O3. The number of benzene rings is 1. The second kappa shape index (κ2) is 7.64. The minimum absolute atomic E-state index is 0.178. The van der Waals surface area contributed by atoms with Crippen molar-refractivity contribution in [1.29, 1.82) is 0 Å². The number of rotatable bonds is 4. The minimum atomic E-state index is -0.836. The summed E-state index contributed by atoms with van der Waals surface area (Å²) in [5.41, 5.74) is -0.972. The van der Waals surface area contributed by atoms with Gasteiger partial charge in [-0.05, 0) is 53.5 Å². The van der Waals surface area contributed by atoms with E-state index in [1.165, 1.54) is 6.07 Å². The summed E-state index contributed by atoms with van der Waals surface area (Å²) >= 11 is 0. The second-order valence-electron chi connectivity index (χ2n) is 8.33. The summed E-state index contributed by atoms with van der Waals surface area (Å²) in [6.45, 7) is 9.58. The molecule has 0 bridgehead atoms. The Labute approximate surface area is 154 Å². The number of nitrogens with zero attached hydrogens (tertiary/aromatic N) is 1. The fourth-order valence-electron chi connectivity index (χ4n) is 3.26. The molecule has 2 rings (SSSR count). The molecule has 0 spiro atoms. The van der Waals surface area contributed by atoms with Gasteiger partial charge in [0.2, 0.25) is 5.91 Å². The Morgan fingerprint density at radius 3 is 2.50 bits per heavy atom. The Kier molecular flexibility index (Phi) is 5.94. The average molecular weight is 364 g/mol. The lowest BCUT2D eigenvalue weighted by molar-refractivity contribution is -0.123. The summed E-state index contributed by atoms with van der Waals surface area (Å²) in [4.78, 5) is 26.5. The molecule has 0 aliphatic carbocycles. The first-order valence-corrected chi connectivity index (χ1v) is 9.05. The van der Waals surface area contributed by atoms with Crippen molar-refractivity contribution in [3.63, 3.8) is 0 Å². The predicted octanol–water partition coefficient (Wildman–Crippen LogP) is 3.97. The largest absolute Gasteiger partial charge is 0.444 e. The van der Waals surface area contributed by atoms with Crippen LogP contribution in [-0.2, 0) is 15.1 Å². The molecule has 1 saturated heterocycles. The molecule has 0 unspecified atom stereocenters. The van der Waals surface area contributed by atoms with Crippen molar-refractivity contribution < 1.29 is 18.7 Å².